The van der Waals surface area contributed by atoms with Crippen molar-refractivity contribution in [1.82, 2.24) is 10.3 Å². The maximum Gasteiger partial charge on any atom is 0.410 e. The Kier molecular flexibility index (Phi) is 5.30. The summed E-state index contributed by atoms with van der Waals surface area (Å²) < 4.78 is 35.7. The van der Waals surface area contributed by atoms with Crippen molar-refractivity contribution in [1.29, 1.82) is 0 Å². The molecule has 0 aliphatic rings. The van der Waals surface area contributed by atoms with Crippen molar-refractivity contribution in [2.45, 2.75) is 19.0 Å². The summed E-state index contributed by atoms with van der Waals surface area (Å²) in [5.41, 5.74) is 0.438. The quantitative estimate of drug-likeness (QED) is 0.771. The van der Waals surface area contributed by atoms with Gasteiger partial charge < -0.3 is 10.4 Å². The summed E-state index contributed by atoms with van der Waals surface area (Å²) in [5, 5.41) is 12.6. The van der Waals surface area contributed by atoms with Crippen LogP contribution < -0.4 is 10.6 Å². The van der Waals surface area contributed by atoms with Crippen molar-refractivity contribution in [2.24, 2.45) is 0 Å². The van der Waals surface area contributed by atoms with Crippen molar-refractivity contribution in [3.05, 3.63) is 23.9 Å². The molecule has 110 valence electrons. The first-order valence-electron chi connectivity index (χ1n) is 5.54. The number of nitrogens with zero attached hydrogens (tertiary/aromatic N) is 1. The number of rotatable bonds is 5. The van der Waals surface area contributed by atoms with Gasteiger partial charge >= 0.3 is 12.3 Å². The first-order valence-corrected chi connectivity index (χ1v) is 5.54. The summed E-state index contributed by atoms with van der Waals surface area (Å²) in [6.07, 6.45) is -5.58. The fraction of sp³-hybridized carbons (Fsp3) is 0.364. The maximum absolute atomic E-state index is 11.9. The highest BCUT2D eigenvalue weighted by Crippen LogP contribution is 2.18. The van der Waals surface area contributed by atoms with Crippen molar-refractivity contribution in [3.63, 3.8) is 0 Å². The molecule has 20 heavy (non-hydrogen) atoms. The molecule has 0 aliphatic heterocycles. The third kappa shape index (κ3) is 6.57. The number of alkyl halides is 3. The molecule has 0 fully saturated rings. The van der Waals surface area contributed by atoms with Crippen molar-refractivity contribution in [3.8, 4) is 0 Å². The molecule has 9 heteroatoms. The molecule has 2 amide bonds. The number of aromatic nitrogens is 1. The third-order valence-electron chi connectivity index (χ3n) is 2.15. The van der Waals surface area contributed by atoms with Gasteiger partial charge in [0.25, 0.3) is 0 Å². The Balaban J connectivity index is 2.47. The second kappa shape index (κ2) is 6.73. The van der Waals surface area contributed by atoms with E-state index in [1.165, 1.54) is 18.3 Å². The summed E-state index contributed by atoms with van der Waals surface area (Å²) in [5.74, 6) is -0.542. The number of nitrogens with one attached hydrogen (secondary N) is 2. The van der Waals surface area contributed by atoms with Gasteiger partial charge in [0.2, 0.25) is 5.91 Å². The smallest absolute Gasteiger partial charge is 0.410 e. The molecule has 1 aromatic heterocycles. The minimum Gasteiger partial charge on any atom is -0.465 e. The van der Waals surface area contributed by atoms with E-state index in [1.807, 2.05) is 5.32 Å². The lowest BCUT2D eigenvalue weighted by Gasteiger charge is -2.08. The van der Waals surface area contributed by atoms with E-state index in [0.29, 0.717) is 5.56 Å². The Bertz CT molecular complexity index is 491. The second-order valence-electron chi connectivity index (χ2n) is 3.87. The topological polar surface area (TPSA) is 91.3 Å². The fourth-order valence-corrected chi connectivity index (χ4v) is 1.35. The predicted molar refractivity (Wildman–Crippen MR) is 63.3 cm³/mol. The first kappa shape index (κ1) is 15.7. The molecule has 0 saturated heterocycles. The van der Waals surface area contributed by atoms with E-state index in [1.54, 1.807) is 0 Å². The molecule has 0 aliphatic carbocycles. The van der Waals surface area contributed by atoms with Crippen LogP contribution in [0.15, 0.2) is 18.3 Å². The lowest BCUT2D eigenvalue weighted by atomic mass is 10.2. The minimum absolute atomic E-state index is 0.0399. The Labute approximate surface area is 112 Å². The number of amides is 2. The molecule has 1 aromatic rings. The van der Waals surface area contributed by atoms with Crippen LogP contribution in [0, 0.1) is 0 Å². The van der Waals surface area contributed by atoms with Gasteiger partial charge in [0.1, 0.15) is 5.82 Å². The molecule has 0 aromatic carbocycles. The van der Waals surface area contributed by atoms with Gasteiger partial charge in [0, 0.05) is 12.7 Å². The number of anilines is 1. The Morgan fingerprint density at radius 3 is 2.65 bits per heavy atom. The summed E-state index contributed by atoms with van der Waals surface area (Å²) in [6, 6.07) is 2.80. The highest BCUT2D eigenvalue weighted by molar-refractivity contribution is 5.82. The standard InChI is InChI=1S/C11H12F3N3O3/c12-11(13,14)2-4-16-9(18)6-7-1-3-15-8(5-7)17-10(19)20/h1,3,5H,2,4,6H2,(H,15,17)(H,16,18)(H,19,20). The van der Waals surface area contributed by atoms with Gasteiger partial charge in [-0.05, 0) is 17.7 Å². The van der Waals surface area contributed by atoms with Crippen LogP contribution in [0.3, 0.4) is 0 Å². The number of pyridine rings is 1. The van der Waals surface area contributed by atoms with E-state index in [9.17, 15) is 22.8 Å². The second-order valence-corrected chi connectivity index (χ2v) is 3.87. The molecule has 0 unspecified atom stereocenters. The summed E-state index contributed by atoms with van der Waals surface area (Å²) >= 11 is 0. The van der Waals surface area contributed by atoms with Crippen LogP contribution in [-0.4, -0.2) is 34.8 Å². The van der Waals surface area contributed by atoms with Gasteiger partial charge in [-0.25, -0.2) is 9.78 Å². The number of hydrogen-bond acceptors (Lipinski definition) is 3. The number of carboxylic acid groups (broad SMARTS) is 1. The first-order chi connectivity index (χ1) is 9.26. The van der Waals surface area contributed by atoms with Gasteiger partial charge in [-0.1, -0.05) is 0 Å². The molecule has 0 saturated carbocycles. The lowest BCUT2D eigenvalue weighted by molar-refractivity contribution is -0.135. The molecular formula is C11H12F3N3O3. The van der Waals surface area contributed by atoms with Crippen LogP contribution in [0.2, 0.25) is 0 Å². The van der Waals surface area contributed by atoms with E-state index in [4.69, 9.17) is 5.11 Å². The predicted octanol–water partition coefficient (Wildman–Crippen LogP) is 1.78. The van der Waals surface area contributed by atoms with Crippen molar-refractivity contribution < 1.29 is 27.9 Å². The average Bonchev–Trinajstić information content (AvgIpc) is 2.26. The fourth-order valence-electron chi connectivity index (χ4n) is 1.35. The van der Waals surface area contributed by atoms with E-state index in [-0.39, 0.29) is 12.2 Å². The maximum atomic E-state index is 11.9. The van der Waals surface area contributed by atoms with Gasteiger partial charge in [-0.3, -0.25) is 10.1 Å². The van der Waals surface area contributed by atoms with Crippen LogP contribution in [0.5, 0.6) is 0 Å². The van der Waals surface area contributed by atoms with Crippen LogP contribution in [0.1, 0.15) is 12.0 Å². The normalized spacial score (nSPS) is 10.9. The van der Waals surface area contributed by atoms with E-state index in [2.05, 4.69) is 10.3 Å². The number of hydrogen-bond donors (Lipinski definition) is 3. The van der Waals surface area contributed by atoms with Gasteiger partial charge in [0.15, 0.2) is 0 Å². The zero-order chi connectivity index (χ0) is 15.2. The molecule has 3 N–H and O–H groups in total. The number of carbonyl (C=O) groups excluding carboxylic acids is 1. The van der Waals surface area contributed by atoms with E-state index < -0.39 is 31.1 Å². The molecule has 0 atom stereocenters. The van der Waals surface area contributed by atoms with Gasteiger partial charge in [-0.15, -0.1) is 0 Å². The largest absolute Gasteiger partial charge is 0.465 e. The van der Waals surface area contributed by atoms with Crippen molar-refractivity contribution in [2.75, 3.05) is 11.9 Å². The summed E-state index contributed by atoms with van der Waals surface area (Å²) in [6.45, 7) is -0.492. The summed E-state index contributed by atoms with van der Waals surface area (Å²) in [7, 11) is 0. The molecule has 0 spiro atoms. The van der Waals surface area contributed by atoms with Crippen LogP contribution >= 0.6 is 0 Å². The van der Waals surface area contributed by atoms with Crippen molar-refractivity contribution >= 4 is 17.8 Å². The summed E-state index contributed by atoms with van der Waals surface area (Å²) in [4.78, 5) is 25.5. The minimum atomic E-state index is -4.32. The van der Waals surface area contributed by atoms with Gasteiger partial charge in [0.05, 0.1) is 12.8 Å². The number of carbonyl (C=O) groups is 2. The monoisotopic (exact) mass is 291 g/mol. The molecule has 6 nitrogen and oxygen atoms in total. The zero-order valence-electron chi connectivity index (χ0n) is 10.2. The molecule has 1 heterocycles. The highest BCUT2D eigenvalue weighted by atomic mass is 19.4. The highest BCUT2D eigenvalue weighted by Gasteiger charge is 2.26. The SMILES string of the molecule is O=C(O)Nc1cc(CC(=O)NCCC(F)(F)F)ccn1. The Hall–Kier alpha value is -2.32. The molecule has 0 bridgehead atoms. The van der Waals surface area contributed by atoms with Crippen LogP contribution in [0.25, 0.3) is 0 Å². The number of halogens is 3. The third-order valence-corrected chi connectivity index (χ3v) is 2.15. The zero-order valence-corrected chi connectivity index (χ0v) is 10.2. The van der Waals surface area contributed by atoms with E-state index >= 15 is 0 Å². The molecular weight excluding hydrogens is 279 g/mol. The van der Waals surface area contributed by atoms with Crippen LogP contribution in [0.4, 0.5) is 23.8 Å². The molecule has 0 radical (unpaired) electrons. The van der Waals surface area contributed by atoms with E-state index in [0.717, 1.165) is 0 Å². The Morgan fingerprint density at radius 1 is 1.35 bits per heavy atom. The Morgan fingerprint density at radius 2 is 2.05 bits per heavy atom. The lowest BCUT2D eigenvalue weighted by Crippen LogP contribution is -2.29. The average molecular weight is 291 g/mol. The van der Waals surface area contributed by atoms with Crippen LogP contribution in [-0.2, 0) is 11.2 Å². The van der Waals surface area contributed by atoms with Gasteiger partial charge in [-0.2, -0.15) is 13.2 Å². The molecule has 1 rings (SSSR count).